The number of halogens is 1. The number of piperidine rings is 1. The lowest BCUT2D eigenvalue weighted by atomic mass is 9.98. The molecule has 1 aromatic heterocycles. The summed E-state index contributed by atoms with van der Waals surface area (Å²) in [5.74, 6) is -0.883. The number of likely N-dealkylation sites (tertiary alicyclic amines) is 1. The van der Waals surface area contributed by atoms with Gasteiger partial charge in [0.2, 0.25) is 0 Å². The number of alkyl carbamates (subject to hydrolysis) is 1. The second-order valence-corrected chi connectivity index (χ2v) is 7.36. The summed E-state index contributed by atoms with van der Waals surface area (Å²) < 4.78 is 30.1. The van der Waals surface area contributed by atoms with Gasteiger partial charge in [0.1, 0.15) is 12.4 Å². The van der Waals surface area contributed by atoms with Gasteiger partial charge in [-0.1, -0.05) is 18.2 Å². The van der Waals surface area contributed by atoms with E-state index in [1.165, 1.54) is 25.6 Å². The number of amides is 2. The molecule has 0 aliphatic carbocycles. The first-order valence-corrected chi connectivity index (χ1v) is 10.2. The lowest BCUT2D eigenvalue weighted by Gasteiger charge is -2.30. The predicted octanol–water partition coefficient (Wildman–Crippen LogP) is 2.26. The number of carbonyl (C=O) groups excluding carboxylic acids is 2. The highest BCUT2D eigenvalue weighted by Gasteiger charge is 2.23. The molecule has 3 rings (SSSR count). The Morgan fingerprint density at radius 3 is 2.61 bits per heavy atom. The minimum absolute atomic E-state index is 0.143. The maximum atomic E-state index is 14.9. The zero-order valence-electron chi connectivity index (χ0n) is 18.0. The summed E-state index contributed by atoms with van der Waals surface area (Å²) in [4.78, 5) is 32.9. The smallest absolute Gasteiger partial charge is 0.414 e. The van der Waals surface area contributed by atoms with Gasteiger partial charge in [0.15, 0.2) is 5.96 Å². The van der Waals surface area contributed by atoms with Crippen LogP contribution in [0.4, 0.5) is 14.0 Å². The lowest BCUT2D eigenvalue weighted by Crippen LogP contribution is -2.39. The van der Waals surface area contributed by atoms with E-state index in [0.29, 0.717) is 25.3 Å². The maximum absolute atomic E-state index is 14.9. The third-order valence-electron chi connectivity index (χ3n) is 5.11. The fraction of sp³-hybridized carbons (Fsp3) is 0.381. The van der Waals surface area contributed by atoms with Crippen molar-refractivity contribution in [3.05, 3.63) is 42.0 Å². The number of methoxy groups -OCH3 is 1. The van der Waals surface area contributed by atoms with Crippen molar-refractivity contribution < 1.29 is 28.2 Å². The molecule has 1 aromatic carbocycles. The van der Waals surface area contributed by atoms with Crippen molar-refractivity contribution in [1.29, 1.82) is 5.41 Å². The molecule has 0 spiro atoms. The van der Waals surface area contributed by atoms with Crippen molar-refractivity contribution in [2.45, 2.75) is 19.4 Å². The van der Waals surface area contributed by atoms with E-state index in [9.17, 15) is 14.0 Å². The molecule has 12 heteroatoms. The molecule has 0 atom stereocenters. The van der Waals surface area contributed by atoms with Crippen LogP contribution in [0.1, 0.15) is 18.4 Å². The molecule has 0 bridgehead atoms. The van der Waals surface area contributed by atoms with Crippen LogP contribution in [0.3, 0.4) is 0 Å². The van der Waals surface area contributed by atoms with Crippen LogP contribution in [-0.2, 0) is 16.1 Å². The van der Waals surface area contributed by atoms with E-state index >= 15 is 0 Å². The highest BCUT2D eigenvalue weighted by molar-refractivity contribution is 5.90. The molecule has 0 radical (unpaired) electrons. The van der Waals surface area contributed by atoms with Crippen LogP contribution in [0.15, 0.2) is 30.6 Å². The number of nitrogens with two attached hydrogens (primary N) is 1. The number of nitrogens with one attached hydrogen (secondary N) is 2. The molecule has 2 heterocycles. The number of nitrogens with zero attached hydrogens (tertiary/aromatic N) is 3. The number of aromatic nitrogens is 2. The molecule has 1 aliphatic heterocycles. The van der Waals surface area contributed by atoms with Gasteiger partial charge in [0.05, 0.1) is 13.7 Å². The Kier molecular flexibility index (Phi) is 7.95. The van der Waals surface area contributed by atoms with Crippen LogP contribution in [-0.4, -0.2) is 59.8 Å². The Morgan fingerprint density at radius 1 is 1.27 bits per heavy atom. The first kappa shape index (κ1) is 23.7. The Bertz CT molecular complexity index is 995. The Labute approximate surface area is 189 Å². The molecule has 1 aliphatic rings. The predicted molar refractivity (Wildman–Crippen MR) is 115 cm³/mol. The van der Waals surface area contributed by atoms with Gasteiger partial charge in [-0.3, -0.25) is 10.7 Å². The van der Waals surface area contributed by atoms with Crippen LogP contribution in [0.5, 0.6) is 6.01 Å². The molecule has 0 saturated carbocycles. The van der Waals surface area contributed by atoms with Crippen molar-refractivity contribution in [3.63, 3.8) is 0 Å². The van der Waals surface area contributed by atoms with Gasteiger partial charge < -0.3 is 24.8 Å². The van der Waals surface area contributed by atoms with Gasteiger partial charge in [0.25, 0.3) is 0 Å². The van der Waals surface area contributed by atoms with Crippen molar-refractivity contribution in [2.75, 3.05) is 26.8 Å². The van der Waals surface area contributed by atoms with Crippen LogP contribution >= 0.6 is 0 Å². The summed E-state index contributed by atoms with van der Waals surface area (Å²) in [7, 11) is 1.36. The highest BCUT2D eigenvalue weighted by atomic mass is 19.1. The molecule has 176 valence electrons. The second-order valence-electron chi connectivity index (χ2n) is 7.36. The topological polar surface area (TPSA) is 153 Å². The van der Waals surface area contributed by atoms with Crippen molar-refractivity contribution in [2.24, 2.45) is 11.7 Å². The van der Waals surface area contributed by atoms with E-state index < -0.39 is 17.9 Å². The van der Waals surface area contributed by atoms with Crippen LogP contribution in [0.2, 0.25) is 0 Å². The molecule has 4 N–H and O–H groups in total. The van der Waals surface area contributed by atoms with E-state index in [0.717, 1.165) is 12.8 Å². The Morgan fingerprint density at radius 2 is 1.97 bits per heavy atom. The molecule has 0 unspecified atom stereocenters. The van der Waals surface area contributed by atoms with Crippen LogP contribution in [0, 0.1) is 17.1 Å². The number of carbonyl (C=O) groups is 2. The summed E-state index contributed by atoms with van der Waals surface area (Å²) in [6.45, 7) is 1.29. The van der Waals surface area contributed by atoms with Crippen LogP contribution < -0.4 is 15.8 Å². The first-order chi connectivity index (χ1) is 15.9. The normalized spacial score (nSPS) is 13.8. The lowest BCUT2D eigenvalue weighted by molar-refractivity contribution is 0.0952. The van der Waals surface area contributed by atoms with E-state index in [-0.39, 0.29) is 35.8 Å². The Balaban J connectivity index is 1.55. The summed E-state index contributed by atoms with van der Waals surface area (Å²) in [6.07, 6.45) is 3.21. The van der Waals surface area contributed by atoms with Crippen molar-refractivity contribution in [1.82, 2.24) is 20.2 Å². The molecular formula is C21H25FN6O5. The summed E-state index contributed by atoms with van der Waals surface area (Å²) >= 11 is 0. The quantitative estimate of drug-likeness (QED) is 0.438. The van der Waals surface area contributed by atoms with Crippen molar-refractivity contribution >= 4 is 18.1 Å². The number of hydrogen-bond donors (Lipinski definition) is 3. The van der Waals surface area contributed by atoms with Gasteiger partial charge in [-0.15, -0.1) is 0 Å². The van der Waals surface area contributed by atoms with Crippen molar-refractivity contribution in [3.8, 4) is 17.1 Å². The SMILES string of the molecule is COC(=O)N1CCC(COc2ncc(-c3cccc(COC(=O)NC(=N)N)c3F)cn2)CC1. The standard InChI is InChI=1S/C21H25FN6O5/c1-31-21(30)28-7-5-13(6-8-28)11-32-19-25-9-15(10-26-19)16-4-2-3-14(17(16)22)12-33-20(29)27-18(23)24/h2-4,9-10,13H,5-8,11-12H2,1H3,(H4,23,24,27,29). The fourth-order valence-corrected chi connectivity index (χ4v) is 3.34. The van der Waals surface area contributed by atoms with Gasteiger partial charge in [0, 0.05) is 42.2 Å². The number of guanidine groups is 1. The zero-order valence-corrected chi connectivity index (χ0v) is 18.0. The summed E-state index contributed by atoms with van der Waals surface area (Å²) in [6, 6.07) is 4.83. The minimum Gasteiger partial charge on any atom is -0.463 e. The molecule has 2 amide bonds. The van der Waals surface area contributed by atoms with Gasteiger partial charge in [-0.05, 0) is 18.8 Å². The monoisotopic (exact) mass is 460 g/mol. The van der Waals surface area contributed by atoms with E-state index in [1.807, 2.05) is 5.32 Å². The first-order valence-electron chi connectivity index (χ1n) is 10.2. The number of ether oxygens (including phenoxy) is 3. The average Bonchev–Trinajstić information content (AvgIpc) is 2.82. The average molecular weight is 460 g/mol. The third-order valence-corrected chi connectivity index (χ3v) is 5.11. The van der Waals surface area contributed by atoms with Crippen LogP contribution in [0.25, 0.3) is 11.1 Å². The number of benzene rings is 1. The molecule has 1 fully saturated rings. The fourth-order valence-electron chi connectivity index (χ4n) is 3.34. The van der Waals surface area contributed by atoms with Gasteiger partial charge >= 0.3 is 18.2 Å². The largest absolute Gasteiger partial charge is 0.463 e. The molecular weight excluding hydrogens is 435 g/mol. The second kappa shape index (κ2) is 11.1. The highest BCUT2D eigenvalue weighted by Crippen LogP contribution is 2.25. The van der Waals surface area contributed by atoms with E-state index in [1.54, 1.807) is 17.0 Å². The number of rotatable bonds is 6. The van der Waals surface area contributed by atoms with Gasteiger partial charge in [-0.25, -0.2) is 23.9 Å². The molecule has 1 saturated heterocycles. The summed E-state index contributed by atoms with van der Waals surface area (Å²) in [5, 5.41) is 8.93. The van der Waals surface area contributed by atoms with E-state index in [2.05, 4.69) is 9.97 Å². The van der Waals surface area contributed by atoms with Gasteiger partial charge in [-0.2, -0.15) is 0 Å². The van der Waals surface area contributed by atoms with E-state index in [4.69, 9.17) is 25.4 Å². The minimum atomic E-state index is -0.951. The Hall–Kier alpha value is -3.96. The summed E-state index contributed by atoms with van der Waals surface area (Å²) in [5.41, 5.74) is 5.86. The molecule has 33 heavy (non-hydrogen) atoms. The third kappa shape index (κ3) is 6.51. The molecule has 2 aromatic rings. The zero-order chi connectivity index (χ0) is 23.8. The maximum Gasteiger partial charge on any atom is 0.414 e. The molecule has 11 nitrogen and oxygen atoms in total. The number of hydrogen-bond acceptors (Lipinski definition) is 8.